The van der Waals surface area contributed by atoms with Gasteiger partial charge >= 0.3 is 0 Å². The van der Waals surface area contributed by atoms with Crippen LogP contribution in [0.15, 0.2) is 42.5 Å². The molecule has 0 aliphatic carbocycles. The molecule has 0 aliphatic rings. The van der Waals surface area contributed by atoms with Crippen molar-refractivity contribution in [3.8, 4) is 17.6 Å². The first-order valence-corrected chi connectivity index (χ1v) is 7.91. The Labute approximate surface area is 140 Å². The second kappa shape index (κ2) is 7.28. The van der Waals surface area contributed by atoms with Gasteiger partial charge in [0.25, 0.3) is 0 Å². The van der Waals surface area contributed by atoms with Crippen LogP contribution in [0.5, 0.6) is 5.75 Å². The minimum absolute atomic E-state index is 0.0675. The predicted octanol–water partition coefficient (Wildman–Crippen LogP) is 3.78. The number of carbonyl (C=O) groups is 1. The quantitative estimate of drug-likeness (QED) is 0.528. The molecule has 0 unspecified atom stereocenters. The minimum Gasteiger partial charge on any atom is -0.497 e. The molecule has 1 aromatic heterocycles. The molecule has 118 valence electrons. The molecule has 0 saturated heterocycles. The van der Waals surface area contributed by atoms with E-state index in [1.165, 1.54) is 11.3 Å². The van der Waals surface area contributed by atoms with Gasteiger partial charge in [0.15, 0.2) is 5.78 Å². The zero-order valence-electron chi connectivity index (χ0n) is 13.3. The van der Waals surface area contributed by atoms with E-state index >= 15 is 0 Å². The molecule has 0 aliphatic heterocycles. The summed E-state index contributed by atoms with van der Waals surface area (Å²) in [5.41, 5.74) is -0.111. The Balaban J connectivity index is 2.06. The van der Waals surface area contributed by atoms with Gasteiger partial charge in [-0.05, 0) is 49.8 Å². The number of aliphatic hydroxyl groups is 1. The third-order valence-corrected chi connectivity index (χ3v) is 3.90. The lowest BCUT2D eigenvalue weighted by Crippen LogP contribution is -2.14. The number of benzene rings is 1. The maximum absolute atomic E-state index is 12.2. The lowest BCUT2D eigenvalue weighted by Gasteiger charge is -2.05. The highest BCUT2D eigenvalue weighted by molar-refractivity contribution is 7.14. The van der Waals surface area contributed by atoms with Crippen molar-refractivity contribution >= 4 is 23.2 Å². The number of carbonyl (C=O) groups excluding carboxylic acids is 1. The Kier molecular flexibility index (Phi) is 5.38. The third kappa shape index (κ3) is 5.41. The summed E-state index contributed by atoms with van der Waals surface area (Å²) in [6.45, 7) is 3.24. The van der Waals surface area contributed by atoms with Crippen molar-refractivity contribution in [1.29, 1.82) is 0 Å². The van der Waals surface area contributed by atoms with Crippen LogP contribution in [0.1, 0.15) is 34.0 Å². The maximum atomic E-state index is 12.2. The number of ether oxygens (including phenoxy) is 1. The molecule has 0 saturated carbocycles. The zero-order chi connectivity index (χ0) is 16.9. The van der Waals surface area contributed by atoms with Crippen LogP contribution in [0.2, 0.25) is 0 Å². The van der Waals surface area contributed by atoms with Crippen LogP contribution >= 0.6 is 11.3 Å². The molecular formula is C19H18O3S. The molecule has 1 heterocycles. The average molecular weight is 326 g/mol. The molecule has 2 aromatic rings. The van der Waals surface area contributed by atoms with Gasteiger partial charge < -0.3 is 9.84 Å². The summed E-state index contributed by atoms with van der Waals surface area (Å²) in [5.74, 6) is 6.32. The summed E-state index contributed by atoms with van der Waals surface area (Å²) in [5, 5.41) is 9.59. The molecule has 4 heteroatoms. The molecule has 1 N–H and O–H groups in total. The molecular weight excluding hydrogens is 308 g/mol. The summed E-state index contributed by atoms with van der Waals surface area (Å²) < 4.78 is 5.09. The van der Waals surface area contributed by atoms with Crippen molar-refractivity contribution in [2.24, 2.45) is 0 Å². The van der Waals surface area contributed by atoms with Crippen molar-refractivity contribution in [3.05, 3.63) is 57.8 Å². The third-order valence-electron chi connectivity index (χ3n) is 2.88. The van der Waals surface area contributed by atoms with E-state index in [2.05, 4.69) is 11.8 Å². The smallest absolute Gasteiger partial charge is 0.195 e. The van der Waals surface area contributed by atoms with E-state index in [1.54, 1.807) is 45.2 Å². The molecule has 0 radical (unpaired) electrons. The lowest BCUT2D eigenvalue weighted by molar-refractivity contribution is 0.105. The van der Waals surface area contributed by atoms with Crippen molar-refractivity contribution < 1.29 is 14.6 Å². The molecule has 0 atom stereocenters. The first-order valence-electron chi connectivity index (χ1n) is 7.09. The van der Waals surface area contributed by atoms with E-state index in [-0.39, 0.29) is 5.78 Å². The Morgan fingerprint density at radius 2 is 1.91 bits per heavy atom. The van der Waals surface area contributed by atoms with Gasteiger partial charge in [-0.2, -0.15) is 0 Å². The fraction of sp³-hybridized carbons (Fsp3) is 0.211. The minimum atomic E-state index is -1.04. The van der Waals surface area contributed by atoms with Crippen LogP contribution < -0.4 is 4.74 Å². The molecule has 0 bridgehead atoms. The highest BCUT2D eigenvalue weighted by atomic mass is 32.1. The van der Waals surface area contributed by atoms with E-state index in [0.29, 0.717) is 4.88 Å². The largest absolute Gasteiger partial charge is 0.497 e. The number of hydrogen-bond donors (Lipinski definition) is 1. The van der Waals surface area contributed by atoms with Crippen LogP contribution in [-0.2, 0) is 0 Å². The number of ketones is 1. The highest BCUT2D eigenvalue weighted by Gasteiger charge is 2.08. The van der Waals surface area contributed by atoms with E-state index in [0.717, 1.165) is 16.2 Å². The Morgan fingerprint density at radius 1 is 1.22 bits per heavy atom. The number of allylic oxidation sites excluding steroid dienone is 1. The van der Waals surface area contributed by atoms with Gasteiger partial charge in [0.05, 0.1) is 16.9 Å². The van der Waals surface area contributed by atoms with Crippen molar-refractivity contribution in [2.75, 3.05) is 7.11 Å². The van der Waals surface area contributed by atoms with Crippen LogP contribution in [0.4, 0.5) is 0 Å². The SMILES string of the molecule is COc1ccc(/C=C\C(=O)c2ccc(C#CC(C)(C)O)s2)cc1. The van der Waals surface area contributed by atoms with Crippen molar-refractivity contribution in [3.63, 3.8) is 0 Å². The van der Waals surface area contributed by atoms with Crippen LogP contribution in [0.25, 0.3) is 6.08 Å². The number of rotatable bonds is 4. The standard InChI is InChI=1S/C19H18O3S/c1-19(2,21)13-12-16-9-11-18(23-16)17(20)10-6-14-4-7-15(22-3)8-5-14/h4-11,21H,1-3H3/b10-6-. The summed E-state index contributed by atoms with van der Waals surface area (Å²) in [6.07, 6.45) is 3.31. The summed E-state index contributed by atoms with van der Waals surface area (Å²) in [4.78, 5) is 13.5. The first-order chi connectivity index (χ1) is 10.9. The summed E-state index contributed by atoms with van der Waals surface area (Å²) in [6, 6.07) is 11.0. The van der Waals surface area contributed by atoms with Gasteiger partial charge in [-0.3, -0.25) is 4.79 Å². The molecule has 0 spiro atoms. The monoisotopic (exact) mass is 326 g/mol. The maximum Gasteiger partial charge on any atom is 0.195 e. The van der Waals surface area contributed by atoms with Gasteiger partial charge in [-0.1, -0.05) is 30.0 Å². The van der Waals surface area contributed by atoms with E-state index in [1.807, 2.05) is 24.3 Å². The molecule has 3 nitrogen and oxygen atoms in total. The van der Waals surface area contributed by atoms with Crippen LogP contribution in [-0.4, -0.2) is 23.6 Å². The average Bonchev–Trinajstić information content (AvgIpc) is 2.99. The van der Waals surface area contributed by atoms with Crippen molar-refractivity contribution in [1.82, 2.24) is 0 Å². The van der Waals surface area contributed by atoms with E-state index in [9.17, 15) is 9.90 Å². The number of hydrogen-bond acceptors (Lipinski definition) is 4. The Hall–Kier alpha value is -2.35. The topological polar surface area (TPSA) is 46.5 Å². The number of methoxy groups -OCH3 is 1. The van der Waals surface area contributed by atoms with Gasteiger partial charge in [0.2, 0.25) is 0 Å². The zero-order valence-corrected chi connectivity index (χ0v) is 14.1. The molecule has 1 aromatic carbocycles. The number of thiophene rings is 1. The molecule has 2 rings (SSSR count). The summed E-state index contributed by atoms with van der Waals surface area (Å²) in [7, 11) is 1.61. The lowest BCUT2D eigenvalue weighted by atomic mass is 10.1. The van der Waals surface area contributed by atoms with Crippen LogP contribution in [0.3, 0.4) is 0 Å². The van der Waals surface area contributed by atoms with Gasteiger partial charge in [0.1, 0.15) is 11.4 Å². The first kappa shape index (κ1) is 17.0. The fourth-order valence-electron chi connectivity index (χ4n) is 1.72. The fourth-order valence-corrected chi connectivity index (χ4v) is 2.50. The van der Waals surface area contributed by atoms with Crippen LogP contribution in [0, 0.1) is 11.8 Å². The van der Waals surface area contributed by atoms with Gasteiger partial charge in [0, 0.05) is 0 Å². The van der Waals surface area contributed by atoms with E-state index < -0.39 is 5.60 Å². The second-order valence-corrected chi connectivity index (χ2v) is 6.53. The van der Waals surface area contributed by atoms with E-state index in [4.69, 9.17) is 4.74 Å². The summed E-state index contributed by atoms with van der Waals surface area (Å²) >= 11 is 1.32. The van der Waals surface area contributed by atoms with Crippen molar-refractivity contribution in [2.45, 2.75) is 19.4 Å². The molecule has 0 amide bonds. The molecule has 23 heavy (non-hydrogen) atoms. The Morgan fingerprint density at radius 3 is 2.52 bits per heavy atom. The second-order valence-electron chi connectivity index (χ2n) is 5.44. The van der Waals surface area contributed by atoms with Gasteiger partial charge in [-0.25, -0.2) is 0 Å². The normalized spacial score (nSPS) is 11.1. The highest BCUT2D eigenvalue weighted by Crippen LogP contribution is 2.18. The predicted molar refractivity (Wildman–Crippen MR) is 93.9 cm³/mol. The Bertz CT molecular complexity index is 765. The molecule has 0 fully saturated rings. The van der Waals surface area contributed by atoms with Gasteiger partial charge in [-0.15, -0.1) is 11.3 Å².